The summed E-state index contributed by atoms with van der Waals surface area (Å²) in [5, 5.41) is 0. The normalized spacial score (nSPS) is 32.0. The van der Waals surface area contributed by atoms with Crippen molar-refractivity contribution >= 4 is 5.78 Å². The Balaban J connectivity index is 2.61. The van der Waals surface area contributed by atoms with E-state index in [1.807, 2.05) is 6.08 Å². The lowest BCUT2D eigenvalue weighted by atomic mass is 9.92. The Hall–Kier alpha value is -0.590. The molecular weight excluding hydrogens is 136 g/mol. The molecule has 0 spiro atoms. The first-order valence-corrected chi connectivity index (χ1v) is 4.38. The largest absolute Gasteiger partial charge is 0.295 e. The monoisotopic (exact) mass is 152 g/mol. The van der Waals surface area contributed by atoms with Crippen molar-refractivity contribution in [2.24, 2.45) is 5.92 Å². The molecule has 0 aliphatic heterocycles. The second-order valence-corrected chi connectivity index (χ2v) is 3.66. The Morgan fingerprint density at radius 2 is 2.27 bits per heavy atom. The Morgan fingerprint density at radius 3 is 3.00 bits per heavy atom. The molecule has 0 N–H and O–H groups in total. The maximum Gasteiger partial charge on any atom is 0.155 e. The van der Waals surface area contributed by atoms with Crippen LogP contribution in [0.4, 0.5) is 0 Å². The van der Waals surface area contributed by atoms with E-state index >= 15 is 0 Å². The second kappa shape index (κ2) is 3.70. The van der Waals surface area contributed by atoms with Gasteiger partial charge in [-0.05, 0) is 38.2 Å². The molecule has 0 amide bonds. The van der Waals surface area contributed by atoms with E-state index in [9.17, 15) is 4.79 Å². The Morgan fingerprint density at radius 1 is 1.55 bits per heavy atom. The summed E-state index contributed by atoms with van der Waals surface area (Å²) in [6, 6.07) is 0. The highest BCUT2D eigenvalue weighted by Gasteiger charge is 2.09. The zero-order valence-corrected chi connectivity index (χ0v) is 7.39. The molecule has 1 unspecified atom stereocenters. The van der Waals surface area contributed by atoms with Crippen molar-refractivity contribution in [3.05, 3.63) is 11.6 Å². The molecule has 1 nitrogen and oxygen atoms in total. The van der Waals surface area contributed by atoms with Gasteiger partial charge in [-0.3, -0.25) is 4.79 Å². The summed E-state index contributed by atoms with van der Waals surface area (Å²) >= 11 is 0. The topological polar surface area (TPSA) is 17.1 Å². The number of rotatable bonds is 0. The van der Waals surface area contributed by atoms with Crippen LogP contribution in [0.3, 0.4) is 0 Å². The zero-order chi connectivity index (χ0) is 8.27. The number of carbonyl (C=O) groups excluding carboxylic acids is 1. The molecule has 0 radical (unpaired) electrons. The van der Waals surface area contributed by atoms with E-state index in [1.54, 1.807) is 0 Å². The van der Waals surface area contributed by atoms with E-state index in [-0.39, 0.29) is 0 Å². The minimum absolute atomic E-state index is 0.314. The van der Waals surface area contributed by atoms with Crippen LogP contribution in [-0.2, 0) is 4.79 Å². The van der Waals surface area contributed by atoms with Gasteiger partial charge in [-0.2, -0.15) is 0 Å². The third-order valence-electron chi connectivity index (χ3n) is 2.20. The van der Waals surface area contributed by atoms with Gasteiger partial charge in [0.25, 0.3) is 0 Å². The van der Waals surface area contributed by atoms with E-state index in [0.29, 0.717) is 5.78 Å². The first-order valence-electron chi connectivity index (χ1n) is 4.38. The average Bonchev–Trinajstić information content (AvgIpc) is 1.83. The molecule has 11 heavy (non-hydrogen) atoms. The van der Waals surface area contributed by atoms with E-state index in [4.69, 9.17) is 0 Å². The molecule has 1 rings (SSSR count). The molecule has 0 aromatic rings. The Kier molecular flexibility index (Phi) is 2.86. The molecule has 0 bridgehead atoms. The molecule has 0 aromatic heterocycles. The van der Waals surface area contributed by atoms with Crippen molar-refractivity contribution in [3.8, 4) is 0 Å². The van der Waals surface area contributed by atoms with Gasteiger partial charge in [-0.25, -0.2) is 0 Å². The molecular formula is C10H16O. The number of hydrogen-bond acceptors (Lipinski definition) is 1. The summed E-state index contributed by atoms with van der Waals surface area (Å²) in [7, 11) is 0. The summed E-state index contributed by atoms with van der Waals surface area (Å²) in [6.07, 6.45) is 5.95. The van der Waals surface area contributed by atoms with Crippen LogP contribution in [0.1, 0.15) is 39.5 Å². The van der Waals surface area contributed by atoms with Gasteiger partial charge in [0, 0.05) is 6.42 Å². The summed E-state index contributed by atoms with van der Waals surface area (Å²) in [5.74, 6) is 1.08. The zero-order valence-electron chi connectivity index (χ0n) is 7.39. The molecule has 62 valence electrons. The highest BCUT2D eigenvalue weighted by molar-refractivity contribution is 5.90. The lowest BCUT2D eigenvalue weighted by Crippen LogP contribution is -2.04. The average molecular weight is 152 g/mol. The Labute approximate surface area is 68.5 Å². The SMILES string of the molecule is C/C1=C/C(=O)CCCC(C)C1. The highest BCUT2D eigenvalue weighted by atomic mass is 16.1. The first kappa shape index (κ1) is 8.51. The minimum Gasteiger partial charge on any atom is -0.295 e. The van der Waals surface area contributed by atoms with Crippen molar-refractivity contribution in [1.82, 2.24) is 0 Å². The van der Waals surface area contributed by atoms with E-state index in [2.05, 4.69) is 13.8 Å². The smallest absolute Gasteiger partial charge is 0.155 e. The van der Waals surface area contributed by atoms with Crippen molar-refractivity contribution in [3.63, 3.8) is 0 Å². The van der Waals surface area contributed by atoms with Crippen LogP contribution in [0.5, 0.6) is 0 Å². The van der Waals surface area contributed by atoms with Crippen LogP contribution >= 0.6 is 0 Å². The van der Waals surface area contributed by atoms with Crippen LogP contribution < -0.4 is 0 Å². The lowest BCUT2D eigenvalue weighted by molar-refractivity contribution is -0.114. The van der Waals surface area contributed by atoms with E-state index < -0.39 is 0 Å². The number of carbonyl (C=O) groups is 1. The third-order valence-corrected chi connectivity index (χ3v) is 2.20. The fourth-order valence-electron chi connectivity index (χ4n) is 1.68. The van der Waals surface area contributed by atoms with Crippen molar-refractivity contribution in [2.45, 2.75) is 39.5 Å². The predicted octanol–water partition coefficient (Wildman–Crippen LogP) is 2.71. The number of allylic oxidation sites excluding steroid dienone is 2. The molecule has 0 fully saturated rings. The van der Waals surface area contributed by atoms with Crippen LogP contribution in [0.2, 0.25) is 0 Å². The van der Waals surface area contributed by atoms with Gasteiger partial charge in [0.1, 0.15) is 0 Å². The van der Waals surface area contributed by atoms with Gasteiger partial charge >= 0.3 is 0 Å². The minimum atomic E-state index is 0.314. The van der Waals surface area contributed by atoms with Crippen molar-refractivity contribution < 1.29 is 4.79 Å². The van der Waals surface area contributed by atoms with Crippen LogP contribution in [0.25, 0.3) is 0 Å². The van der Waals surface area contributed by atoms with Crippen molar-refractivity contribution in [1.29, 1.82) is 0 Å². The maximum absolute atomic E-state index is 11.1. The molecule has 0 saturated carbocycles. The fraction of sp³-hybridized carbons (Fsp3) is 0.700. The maximum atomic E-state index is 11.1. The quantitative estimate of drug-likeness (QED) is 0.521. The molecule has 1 aliphatic rings. The first-order chi connectivity index (χ1) is 5.18. The van der Waals surface area contributed by atoms with E-state index in [0.717, 1.165) is 25.2 Å². The Bertz CT molecular complexity index is 179. The van der Waals surface area contributed by atoms with Gasteiger partial charge < -0.3 is 0 Å². The highest BCUT2D eigenvalue weighted by Crippen LogP contribution is 2.20. The molecule has 1 atom stereocenters. The fourth-order valence-corrected chi connectivity index (χ4v) is 1.68. The molecule has 1 heteroatoms. The number of hydrogen-bond donors (Lipinski definition) is 0. The van der Waals surface area contributed by atoms with Gasteiger partial charge in [-0.1, -0.05) is 12.5 Å². The van der Waals surface area contributed by atoms with Crippen LogP contribution in [0, 0.1) is 5.92 Å². The molecule has 0 aromatic carbocycles. The predicted molar refractivity (Wildman–Crippen MR) is 46.4 cm³/mol. The summed E-state index contributed by atoms with van der Waals surface area (Å²) < 4.78 is 0. The van der Waals surface area contributed by atoms with E-state index in [1.165, 1.54) is 12.0 Å². The lowest BCUT2D eigenvalue weighted by Gasteiger charge is -2.13. The second-order valence-electron chi connectivity index (χ2n) is 3.66. The van der Waals surface area contributed by atoms with Gasteiger partial charge in [0.05, 0.1) is 0 Å². The summed E-state index contributed by atoms with van der Waals surface area (Å²) in [4.78, 5) is 11.1. The third kappa shape index (κ3) is 2.87. The summed E-state index contributed by atoms with van der Waals surface area (Å²) in [5.41, 5.74) is 1.25. The molecule has 0 heterocycles. The van der Waals surface area contributed by atoms with Crippen LogP contribution in [0.15, 0.2) is 11.6 Å². The standard InChI is InChI=1S/C10H16O/c1-8-4-3-5-10(11)7-9(2)6-8/h7-8H,3-6H2,1-2H3/b9-7-. The number of ketones is 1. The van der Waals surface area contributed by atoms with Gasteiger partial charge in [0.2, 0.25) is 0 Å². The molecule has 0 saturated heterocycles. The summed E-state index contributed by atoms with van der Waals surface area (Å²) in [6.45, 7) is 4.31. The van der Waals surface area contributed by atoms with Gasteiger partial charge in [0.15, 0.2) is 5.78 Å². The van der Waals surface area contributed by atoms with Crippen molar-refractivity contribution in [2.75, 3.05) is 0 Å². The van der Waals surface area contributed by atoms with Crippen LogP contribution in [-0.4, -0.2) is 5.78 Å². The van der Waals surface area contributed by atoms with Gasteiger partial charge in [-0.15, -0.1) is 0 Å². The molecule has 1 aliphatic carbocycles.